The maximum atomic E-state index is 5.88. The van der Waals surface area contributed by atoms with E-state index in [2.05, 4.69) is 45.0 Å². The highest BCUT2D eigenvalue weighted by molar-refractivity contribution is 5.32. The fraction of sp³-hybridized carbons (Fsp3) is 0.667. The van der Waals surface area contributed by atoms with Crippen molar-refractivity contribution in [2.24, 2.45) is 5.73 Å². The van der Waals surface area contributed by atoms with Gasteiger partial charge in [-0.1, -0.05) is 64.3 Å². The zero-order chi connectivity index (χ0) is 13.9. The van der Waals surface area contributed by atoms with Gasteiger partial charge in [-0.2, -0.15) is 0 Å². The minimum absolute atomic E-state index is 0.242. The van der Waals surface area contributed by atoms with Crippen molar-refractivity contribution < 1.29 is 0 Å². The fourth-order valence-electron chi connectivity index (χ4n) is 3.51. The van der Waals surface area contributed by atoms with Crippen LogP contribution in [0.2, 0.25) is 0 Å². The first-order chi connectivity index (χ1) is 8.98. The summed E-state index contributed by atoms with van der Waals surface area (Å²) in [6.45, 7) is 7.63. The summed E-state index contributed by atoms with van der Waals surface area (Å²) in [6, 6.07) is 9.37. The number of nitrogens with two attached hydrogens (primary N) is 1. The minimum Gasteiger partial charge on any atom is -0.330 e. The van der Waals surface area contributed by atoms with Crippen LogP contribution in [-0.4, -0.2) is 6.54 Å². The Morgan fingerprint density at radius 2 is 1.58 bits per heavy atom. The van der Waals surface area contributed by atoms with E-state index in [1.807, 2.05) is 0 Å². The first kappa shape index (κ1) is 14.6. The monoisotopic (exact) mass is 259 g/mol. The molecule has 1 nitrogen and oxygen atoms in total. The van der Waals surface area contributed by atoms with Gasteiger partial charge in [0.15, 0.2) is 0 Å². The SMILES string of the molecule is CC(C)(C)c1ccc(C2(CCN)CCCCC2)cc1. The topological polar surface area (TPSA) is 26.0 Å². The fourth-order valence-corrected chi connectivity index (χ4v) is 3.51. The van der Waals surface area contributed by atoms with E-state index < -0.39 is 0 Å². The van der Waals surface area contributed by atoms with Gasteiger partial charge in [0.1, 0.15) is 0 Å². The van der Waals surface area contributed by atoms with Crippen molar-refractivity contribution in [1.82, 2.24) is 0 Å². The second kappa shape index (κ2) is 5.66. The van der Waals surface area contributed by atoms with Crippen LogP contribution in [0.5, 0.6) is 0 Å². The molecule has 0 radical (unpaired) electrons. The van der Waals surface area contributed by atoms with Crippen LogP contribution in [0.3, 0.4) is 0 Å². The van der Waals surface area contributed by atoms with E-state index in [4.69, 9.17) is 5.73 Å². The van der Waals surface area contributed by atoms with Gasteiger partial charge in [-0.25, -0.2) is 0 Å². The molecule has 1 aromatic rings. The van der Waals surface area contributed by atoms with Gasteiger partial charge >= 0.3 is 0 Å². The lowest BCUT2D eigenvalue weighted by atomic mass is 9.67. The maximum Gasteiger partial charge on any atom is -0.00350 e. The molecule has 1 heteroatoms. The molecule has 0 aliphatic heterocycles. The average Bonchev–Trinajstić information content (AvgIpc) is 2.39. The molecular formula is C18H29N. The predicted molar refractivity (Wildman–Crippen MR) is 83.6 cm³/mol. The normalized spacial score (nSPS) is 19.4. The minimum atomic E-state index is 0.242. The van der Waals surface area contributed by atoms with Gasteiger partial charge in [-0.3, -0.25) is 0 Å². The van der Waals surface area contributed by atoms with Crippen molar-refractivity contribution in [3.05, 3.63) is 35.4 Å². The van der Waals surface area contributed by atoms with Gasteiger partial charge in [0, 0.05) is 0 Å². The lowest BCUT2D eigenvalue weighted by Gasteiger charge is -2.38. The van der Waals surface area contributed by atoms with Gasteiger partial charge < -0.3 is 5.73 Å². The van der Waals surface area contributed by atoms with Crippen molar-refractivity contribution >= 4 is 0 Å². The Labute approximate surface area is 118 Å². The third kappa shape index (κ3) is 3.20. The van der Waals surface area contributed by atoms with Crippen LogP contribution in [0, 0.1) is 0 Å². The van der Waals surface area contributed by atoms with Crippen LogP contribution < -0.4 is 5.73 Å². The Balaban J connectivity index is 2.27. The highest BCUT2D eigenvalue weighted by atomic mass is 14.5. The van der Waals surface area contributed by atoms with Gasteiger partial charge in [-0.15, -0.1) is 0 Å². The van der Waals surface area contributed by atoms with Crippen molar-refractivity contribution in [2.75, 3.05) is 6.54 Å². The number of benzene rings is 1. The summed E-state index contributed by atoms with van der Waals surface area (Å²) in [7, 11) is 0. The third-order valence-corrected chi connectivity index (χ3v) is 4.80. The Morgan fingerprint density at radius 3 is 2.05 bits per heavy atom. The first-order valence-corrected chi connectivity index (χ1v) is 7.79. The summed E-state index contributed by atoms with van der Waals surface area (Å²) < 4.78 is 0. The Hall–Kier alpha value is -0.820. The van der Waals surface area contributed by atoms with Gasteiger partial charge in [-0.05, 0) is 47.8 Å². The van der Waals surface area contributed by atoms with Gasteiger partial charge in [0.05, 0.1) is 0 Å². The van der Waals surface area contributed by atoms with Crippen LogP contribution in [0.4, 0.5) is 0 Å². The molecule has 1 fully saturated rings. The summed E-state index contributed by atoms with van der Waals surface area (Å²) in [5.74, 6) is 0. The van der Waals surface area contributed by atoms with Crippen LogP contribution >= 0.6 is 0 Å². The lowest BCUT2D eigenvalue weighted by molar-refractivity contribution is 0.277. The van der Waals surface area contributed by atoms with Crippen molar-refractivity contribution in [2.45, 2.75) is 70.1 Å². The number of hydrogen-bond donors (Lipinski definition) is 1. The van der Waals surface area contributed by atoms with E-state index in [9.17, 15) is 0 Å². The average molecular weight is 259 g/mol. The molecule has 0 aromatic heterocycles. The molecule has 0 saturated heterocycles. The van der Waals surface area contributed by atoms with E-state index in [-0.39, 0.29) is 5.41 Å². The molecule has 1 aliphatic rings. The van der Waals surface area contributed by atoms with Crippen LogP contribution in [0.15, 0.2) is 24.3 Å². The molecule has 0 atom stereocenters. The largest absolute Gasteiger partial charge is 0.330 e. The first-order valence-electron chi connectivity index (χ1n) is 7.79. The standard InChI is InChI=1S/C18H29N/c1-17(2,3)15-7-9-16(10-8-15)18(13-14-19)11-5-4-6-12-18/h7-10H,4-6,11-14,19H2,1-3H3. The quantitative estimate of drug-likeness (QED) is 0.847. The van der Waals surface area contributed by atoms with Crippen LogP contribution in [-0.2, 0) is 10.8 Å². The van der Waals surface area contributed by atoms with Gasteiger partial charge in [0.2, 0.25) is 0 Å². The molecule has 1 saturated carbocycles. The summed E-state index contributed by atoms with van der Waals surface area (Å²) >= 11 is 0. The predicted octanol–water partition coefficient (Wildman–Crippen LogP) is 4.53. The molecule has 19 heavy (non-hydrogen) atoms. The molecule has 2 rings (SSSR count). The van der Waals surface area contributed by atoms with Crippen molar-refractivity contribution in [1.29, 1.82) is 0 Å². The van der Waals surface area contributed by atoms with Crippen LogP contribution in [0.25, 0.3) is 0 Å². The number of rotatable bonds is 3. The Kier molecular flexibility index (Phi) is 4.35. The molecule has 1 aliphatic carbocycles. The molecule has 2 N–H and O–H groups in total. The van der Waals surface area contributed by atoms with Crippen molar-refractivity contribution in [3.8, 4) is 0 Å². The highest BCUT2D eigenvalue weighted by Crippen LogP contribution is 2.42. The second-order valence-electron chi connectivity index (χ2n) is 7.21. The maximum absolute atomic E-state index is 5.88. The van der Waals surface area contributed by atoms with E-state index in [1.165, 1.54) is 43.2 Å². The Bertz CT molecular complexity index is 385. The lowest BCUT2D eigenvalue weighted by Crippen LogP contribution is -2.31. The molecule has 0 amide bonds. The summed E-state index contributed by atoms with van der Waals surface area (Å²) in [6.07, 6.45) is 7.90. The van der Waals surface area contributed by atoms with Crippen molar-refractivity contribution in [3.63, 3.8) is 0 Å². The molecule has 0 bridgehead atoms. The Morgan fingerprint density at radius 1 is 1.00 bits per heavy atom. The molecular weight excluding hydrogens is 230 g/mol. The molecule has 106 valence electrons. The van der Waals surface area contributed by atoms with E-state index in [1.54, 1.807) is 0 Å². The third-order valence-electron chi connectivity index (χ3n) is 4.80. The zero-order valence-corrected chi connectivity index (χ0v) is 12.8. The summed E-state index contributed by atoms with van der Waals surface area (Å²) in [5.41, 5.74) is 9.43. The summed E-state index contributed by atoms with van der Waals surface area (Å²) in [4.78, 5) is 0. The van der Waals surface area contributed by atoms with E-state index >= 15 is 0 Å². The second-order valence-corrected chi connectivity index (χ2v) is 7.21. The smallest absolute Gasteiger partial charge is 0.00350 e. The summed E-state index contributed by atoms with van der Waals surface area (Å²) in [5, 5.41) is 0. The molecule has 0 unspecified atom stereocenters. The molecule has 1 aromatic carbocycles. The molecule has 0 heterocycles. The zero-order valence-electron chi connectivity index (χ0n) is 12.8. The van der Waals surface area contributed by atoms with E-state index in [0.717, 1.165) is 13.0 Å². The van der Waals surface area contributed by atoms with E-state index in [0.29, 0.717) is 5.41 Å². The highest BCUT2D eigenvalue weighted by Gasteiger charge is 2.33. The number of hydrogen-bond acceptors (Lipinski definition) is 1. The van der Waals surface area contributed by atoms with Gasteiger partial charge in [0.25, 0.3) is 0 Å². The molecule has 0 spiro atoms. The van der Waals surface area contributed by atoms with Crippen LogP contribution in [0.1, 0.15) is 70.4 Å².